The molecule has 0 aliphatic rings. The fraction of sp³-hybridized carbons (Fsp3) is 0.471. The summed E-state index contributed by atoms with van der Waals surface area (Å²) in [6, 6.07) is 4.47. The Bertz CT molecular complexity index is 610. The zero-order valence-corrected chi connectivity index (χ0v) is 13.3. The van der Waals surface area contributed by atoms with Crippen molar-refractivity contribution in [2.75, 3.05) is 0 Å². The molecule has 1 aromatic carbocycles. The van der Waals surface area contributed by atoms with E-state index >= 15 is 0 Å². The third-order valence-electron chi connectivity index (χ3n) is 3.81. The monoisotopic (exact) mass is 272 g/mol. The third kappa shape index (κ3) is 2.50. The first-order chi connectivity index (χ1) is 9.25. The summed E-state index contributed by atoms with van der Waals surface area (Å²) in [6.07, 6.45) is 0. The lowest BCUT2D eigenvalue weighted by molar-refractivity contribution is 0.426. The van der Waals surface area contributed by atoms with Crippen LogP contribution in [-0.4, -0.2) is 5.16 Å². The second-order valence-corrected chi connectivity index (χ2v) is 6.51. The Kier molecular flexibility index (Phi) is 3.74. The van der Waals surface area contributed by atoms with E-state index < -0.39 is 0 Å². The van der Waals surface area contributed by atoms with Crippen LogP contribution >= 0.6 is 0 Å². The maximum absolute atomic E-state index is 5.83. The van der Waals surface area contributed by atoms with Gasteiger partial charge in [0, 0.05) is 17.7 Å². The number of aryl methyl sites for hydroxylation is 3. The molecule has 0 unspecified atom stereocenters. The normalized spacial score (nSPS) is 11.9. The van der Waals surface area contributed by atoms with Gasteiger partial charge in [-0.15, -0.1) is 0 Å². The largest absolute Gasteiger partial charge is 0.356 e. The number of benzene rings is 1. The zero-order chi connectivity index (χ0) is 15.1. The molecule has 0 aliphatic carbocycles. The molecule has 108 valence electrons. The molecule has 0 amide bonds. The van der Waals surface area contributed by atoms with Crippen LogP contribution in [0.5, 0.6) is 0 Å². The number of aromatic nitrogens is 1. The minimum atomic E-state index is 0.141. The van der Waals surface area contributed by atoms with Crippen molar-refractivity contribution in [3.63, 3.8) is 0 Å². The summed E-state index contributed by atoms with van der Waals surface area (Å²) in [5, 5.41) is 4.06. The van der Waals surface area contributed by atoms with Gasteiger partial charge in [0.25, 0.3) is 0 Å². The summed E-state index contributed by atoms with van der Waals surface area (Å²) >= 11 is 0. The number of nitrogens with zero attached hydrogens (tertiary/aromatic N) is 1. The Hall–Kier alpha value is -1.61. The molecular weight excluding hydrogens is 248 g/mol. The van der Waals surface area contributed by atoms with E-state index in [4.69, 9.17) is 10.3 Å². The molecule has 2 N–H and O–H groups in total. The van der Waals surface area contributed by atoms with E-state index in [0.29, 0.717) is 6.54 Å². The maximum Gasteiger partial charge on any atom is 0.172 e. The lowest BCUT2D eigenvalue weighted by Crippen LogP contribution is -2.12. The molecule has 0 aliphatic heterocycles. The van der Waals surface area contributed by atoms with E-state index in [2.05, 4.69) is 51.9 Å². The van der Waals surface area contributed by atoms with Crippen molar-refractivity contribution in [1.29, 1.82) is 0 Å². The standard InChI is InChI=1S/C17H24N2O/c1-10-7-13(17(4,5)6)8-11(2)15(10)16-14(9-18)12(3)19-20-16/h7-8H,9,18H2,1-6H3. The van der Waals surface area contributed by atoms with Gasteiger partial charge >= 0.3 is 0 Å². The molecule has 0 bridgehead atoms. The van der Waals surface area contributed by atoms with Crippen LogP contribution in [0.15, 0.2) is 16.7 Å². The average molecular weight is 272 g/mol. The minimum Gasteiger partial charge on any atom is -0.356 e. The van der Waals surface area contributed by atoms with Gasteiger partial charge in [0.15, 0.2) is 5.76 Å². The molecule has 2 rings (SSSR count). The highest BCUT2D eigenvalue weighted by Gasteiger charge is 2.21. The van der Waals surface area contributed by atoms with Gasteiger partial charge in [-0.1, -0.05) is 38.1 Å². The maximum atomic E-state index is 5.83. The molecule has 0 spiro atoms. The number of rotatable bonds is 2. The Labute approximate surface area is 121 Å². The van der Waals surface area contributed by atoms with Gasteiger partial charge in [0.1, 0.15) is 0 Å². The van der Waals surface area contributed by atoms with E-state index in [1.165, 1.54) is 16.7 Å². The van der Waals surface area contributed by atoms with Crippen molar-refractivity contribution in [2.24, 2.45) is 5.73 Å². The molecule has 3 nitrogen and oxygen atoms in total. The summed E-state index contributed by atoms with van der Waals surface area (Å²) in [6.45, 7) is 13.3. The van der Waals surface area contributed by atoms with Crippen molar-refractivity contribution in [1.82, 2.24) is 5.16 Å². The van der Waals surface area contributed by atoms with Crippen LogP contribution in [0, 0.1) is 20.8 Å². The van der Waals surface area contributed by atoms with Gasteiger partial charge in [-0.3, -0.25) is 0 Å². The minimum absolute atomic E-state index is 0.141. The topological polar surface area (TPSA) is 52.0 Å². The van der Waals surface area contributed by atoms with Gasteiger partial charge < -0.3 is 10.3 Å². The van der Waals surface area contributed by atoms with Crippen LogP contribution in [0.3, 0.4) is 0 Å². The van der Waals surface area contributed by atoms with Gasteiger partial charge in [-0.05, 0) is 42.9 Å². The summed E-state index contributed by atoms with van der Waals surface area (Å²) in [5.41, 5.74) is 12.7. The lowest BCUT2D eigenvalue weighted by atomic mass is 9.83. The fourth-order valence-corrected chi connectivity index (χ4v) is 2.58. The van der Waals surface area contributed by atoms with Gasteiger partial charge in [0.05, 0.1) is 5.69 Å². The van der Waals surface area contributed by atoms with Crippen LogP contribution in [0.2, 0.25) is 0 Å². The number of hydrogen-bond acceptors (Lipinski definition) is 3. The second kappa shape index (κ2) is 5.06. The molecule has 3 heteroatoms. The van der Waals surface area contributed by atoms with Gasteiger partial charge in [-0.25, -0.2) is 0 Å². The Morgan fingerprint density at radius 3 is 2.10 bits per heavy atom. The van der Waals surface area contributed by atoms with Crippen molar-refractivity contribution >= 4 is 0 Å². The predicted molar refractivity (Wildman–Crippen MR) is 82.7 cm³/mol. The molecule has 1 aromatic heterocycles. The molecule has 2 aromatic rings. The van der Waals surface area contributed by atoms with Crippen molar-refractivity contribution in [2.45, 2.75) is 53.5 Å². The Morgan fingerprint density at radius 1 is 1.10 bits per heavy atom. The van der Waals surface area contributed by atoms with Crippen LogP contribution in [0.25, 0.3) is 11.3 Å². The highest BCUT2D eigenvalue weighted by atomic mass is 16.5. The quantitative estimate of drug-likeness (QED) is 0.898. The first kappa shape index (κ1) is 14.8. The van der Waals surface area contributed by atoms with Crippen molar-refractivity contribution in [3.05, 3.63) is 40.1 Å². The molecule has 20 heavy (non-hydrogen) atoms. The first-order valence-electron chi connectivity index (χ1n) is 7.03. The van der Waals surface area contributed by atoms with E-state index in [1.54, 1.807) is 0 Å². The number of nitrogens with two attached hydrogens (primary N) is 1. The Morgan fingerprint density at radius 2 is 1.65 bits per heavy atom. The summed E-state index contributed by atoms with van der Waals surface area (Å²) in [7, 11) is 0. The number of hydrogen-bond donors (Lipinski definition) is 1. The molecule has 0 fully saturated rings. The Balaban J connectivity index is 2.64. The van der Waals surface area contributed by atoms with E-state index in [1.807, 2.05) is 6.92 Å². The van der Waals surface area contributed by atoms with E-state index in [-0.39, 0.29) is 5.41 Å². The van der Waals surface area contributed by atoms with Crippen LogP contribution in [0.4, 0.5) is 0 Å². The van der Waals surface area contributed by atoms with E-state index in [9.17, 15) is 0 Å². The third-order valence-corrected chi connectivity index (χ3v) is 3.81. The first-order valence-corrected chi connectivity index (χ1v) is 7.03. The van der Waals surface area contributed by atoms with Gasteiger partial charge in [-0.2, -0.15) is 0 Å². The molecule has 0 saturated heterocycles. The molecule has 1 heterocycles. The zero-order valence-electron chi connectivity index (χ0n) is 13.3. The van der Waals surface area contributed by atoms with Crippen molar-refractivity contribution < 1.29 is 4.52 Å². The second-order valence-electron chi connectivity index (χ2n) is 6.51. The lowest BCUT2D eigenvalue weighted by Gasteiger charge is -2.22. The highest BCUT2D eigenvalue weighted by molar-refractivity contribution is 5.70. The summed E-state index contributed by atoms with van der Waals surface area (Å²) < 4.78 is 5.53. The predicted octanol–water partition coefficient (Wildman–Crippen LogP) is 4.02. The SMILES string of the molecule is Cc1cc(C(C)(C)C)cc(C)c1-c1onc(C)c1CN. The van der Waals surface area contributed by atoms with Crippen LogP contribution < -0.4 is 5.73 Å². The van der Waals surface area contributed by atoms with Crippen LogP contribution in [-0.2, 0) is 12.0 Å². The van der Waals surface area contributed by atoms with Crippen LogP contribution in [0.1, 0.15) is 48.7 Å². The smallest absolute Gasteiger partial charge is 0.172 e. The molecule has 0 saturated carbocycles. The highest BCUT2D eigenvalue weighted by Crippen LogP contribution is 2.35. The molecule has 0 radical (unpaired) electrons. The molecule has 0 atom stereocenters. The van der Waals surface area contributed by atoms with Crippen molar-refractivity contribution in [3.8, 4) is 11.3 Å². The van der Waals surface area contributed by atoms with Gasteiger partial charge in [0.2, 0.25) is 0 Å². The summed E-state index contributed by atoms with van der Waals surface area (Å²) in [5.74, 6) is 0.820. The average Bonchev–Trinajstić information content (AvgIpc) is 2.68. The molecular formula is C17H24N2O. The summed E-state index contributed by atoms with van der Waals surface area (Å²) in [4.78, 5) is 0. The van der Waals surface area contributed by atoms with E-state index in [0.717, 1.165) is 22.6 Å². The fourth-order valence-electron chi connectivity index (χ4n) is 2.58.